The molecule has 0 amide bonds. The number of fused-ring (bicyclic) bond motifs is 1. The van der Waals surface area contributed by atoms with Gasteiger partial charge in [-0.25, -0.2) is 0 Å². The van der Waals surface area contributed by atoms with Crippen LogP contribution in [0.25, 0.3) is 0 Å². The van der Waals surface area contributed by atoms with Crippen molar-refractivity contribution in [2.24, 2.45) is 0 Å². The minimum Gasteiger partial charge on any atom is -0.497 e. The Bertz CT molecular complexity index is 482. The average molecular weight is 260 g/mol. The molecular weight excluding hydrogens is 240 g/mol. The smallest absolute Gasteiger partial charge is 0.132 e. The molecule has 2 rings (SSSR count). The van der Waals surface area contributed by atoms with Crippen molar-refractivity contribution in [2.45, 2.75) is 24.8 Å². The van der Waals surface area contributed by atoms with Gasteiger partial charge in [-0.15, -0.1) is 0 Å². The lowest BCUT2D eigenvalue weighted by Gasteiger charge is -2.34. The molecule has 0 saturated heterocycles. The highest BCUT2D eigenvalue weighted by molar-refractivity contribution is 5.45. The van der Waals surface area contributed by atoms with Gasteiger partial charge >= 0.3 is 0 Å². The second kappa shape index (κ2) is 6.05. The van der Waals surface area contributed by atoms with Gasteiger partial charge in [-0.3, -0.25) is 5.32 Å². The van der Waals surface area contributed by atoms with Gasteiger partial charge in [0.15, 0.2) is 0 Å². The molecule has 1 aromatic rings. The molecule has 1 N–H and O–H groups in total. The Morgan fingerprint density at radius 3 is 2.95 bits per heavy atom. The summed E-state index contributed by atoms with van der Waals surface area (Å²) in [6, 6.07) is 8.47. The van der Waals surface area contributed by atoms with Gasteiger partial charge in [0, 0.05) is 13.7 Å². The molecular formula is C15H20N2O2. The molecule has 1 aliphatic rings. The topological polar surface area (TPSA) is 54.3 Å². The lowest BCUT2D eigenvalue weighted by Crippen LogP contribution is -2.45. The highest BCUT2D eigenvalue weighted by Gasteiger charge is 2.36. The third-order valence-corrected chi connectivity index (χ3v) is 3.70. The van der Waals surface area contributed by atoms with Crippen LogP contribution in [0.1, 0.15) is 24.0 Å². The van der Waals surface area contributed by atoms with Gasteiger partial charge in [-0.05, 0) is 42.5 Å². The van der Waals surface area contributed by atoms with Crippen molar-refractivity contribution in [3.8, 4) is 11.8 Å². The molecule has 0 fully saturated rings. The minimum absolute atomic E-state index is 0.600. The van der Waals surface area contributed by atoms with Crippen LogP contribution in [0.15, 0.2) is 18.2 Å². The highest BCUT2D eigenvalue weighted by atomic mass is 16.5. The van der Waals surface area contributed by atoms with Gasteiger partial charge < -0.3 is 9.47 Å². The summed E-state index contributed by atoms with van der Waals surface area (Å²) in [7, 11) is 3.32. The van der Waals surface area contributed by atoms with E-state index in [9.17, 15) is 5.26 Å². The lowest BCUT2D eigenvalue weighted by molar-refractivity contribution is 0.188. The Balaban J connectivity index is 2.34. The zero-order valence-electron chi connectivity index (χ0n) is 11.5. The fourth-order valence-corrected chi connectivity index (χ4v) is 2.68. The van der Waals surface area contributed by atoms with Crippen molar-refractivity contribution < 1.29 is 9.47 Å². The molecule has 1 aromatic carbocycles. The van der Waals surface area contributed by atoms with E-state index in [2.05, 4.69) is 17.5 Å². The predicted octanol–water partition coefficient (Wildman–Crippen LogP) is 1.99. The van der Waals surface area contributed by atoms with Crippen LogP contribution in [0.2, 0.25) is 0 Å². The third-order valence-electron chi connectivity index (χ3n) is 3.70. The van der Waals surface area contributed by atoms with Crippen LogP contribution in [0.5, 0.6) is 5.75 Å². The molecule has 0 spiro atoms. The number of aryl methyl sites for hydroxylation is 1. The van der Waals surface area contributed by atoms with E-state index in [0.29, 0.717) is 13.2 Å². The van der Waals surface area contributed by atoms with Crippen LogP contribution in [0, 0.1) is 11.3 Å². The van der Waals surface area contributed by atoms with Gasteiger partial charge in [0.25, 0.3) is 0 Å². The van der Waals surface area contributed by atoms with E-state index in [-0.39, 0.29) is 0 Å². The monoisotopic (exact) mass is 260 g/mol. The molecule has 0 radical (unpaired) electrons. The Labute approximate surface area is 114 Å². The average Bonchev–Trinajstić information content (AvgIpc) is 2.47. The SMILES string of the molecule is COCCNC1(C#N)CCCc2ccc(OC)cc21. The van der Waals surface area contributed by atoms with E-state index < -0.39 is 5.54 Å². The minimum atomic E-state index is -0.610. The quantitative estimate of drug-likeness (QED) is 0.823. The first kappa shape index (κ1) is 13.9. The molecule has 1 aliphatic carbocycles. The molecule has 0 saturated carbocycles. The first-order valence-corrected chi connectivity index (χ1v) is 6.58. The number of methoxy groups -OCH3 is 2. The molecule has 19 heavy (non-hydrogen) atoms. The number of nitriles is 1. The number of rotatable bonds is 5. The predicted molar refractivity (Wildman–Crippen MR) is 73.1 cm³/mol. The maximum absolute atomic E-state index is 9.66. The van der Waals surface area contributed by atoms with Gasteiger partial charge in [0.1, 0.15) is 11.3 Å². The van der Waals surface area contributed by atoms with Crippen LogP contribution in [-0.2, 0) is 16.7 Å². The summed E-state index contributed by atoms with van der Waals surface area (Å²) in [5, 5.41) is 13.0. The van der Waals surface area contributed by atoms with E-state index in [0.717, 1.165) is 30.6 Å². The van der Waals surface area contributed by atoms with Crippen LogP contribution in [0.4, 0.5) is 0 Å². The summed E-state index contributed by atoms with van der Waals surface area (Å²) in [5.74, 6) is 0.800. The Morgan fingerprint density at radius 2 is 2.26 bits per heavy atom. The van der Waals surface area contributed by atoms with Crippen molar-refractivity contribution in [1.82, 2.24) is 5.32 Å². The number of nitrogens with zero attached hydrogens (tertiary/aromatic N) is 1. The molecule has 4 heteroatoms. The Morgan fingerprint density at radius 1 is 1.42 bits per heavy atom. The zero-order chi connectivity index (χ0) is 13.7. The first-order valence-electron chi connectivity index (χ1n) is 6.58. The van der Waals surface area contributed by atoms with Crippen molar-refractivity contribution in [3.05, 3.63) is 29.3 Å². The standard InChI is InChI=1S/C15H20N2O2/c1-18-9-8-17-15(11-16)7-3-4-12-5-6-13(19-2)10-14(12)15/h5-6,10,17H,3-4,7-9H2,1-2H3. The summed E-state index contributed by atoms with van der Waals surface area (Å²) in [6.07, 6.45) is 2.87. The molecule has 1 unspecified atom stereocenters. The molecule has 0 aliphatic heterocycles. The molecule has 102 valence electrons. The summed E-state index contributed by atoms with van der Waals surface area (Å²) in [6.45, 7) is 1.27. The third kappa shape index (κ3) is 2.73. The van der Waals surface area contributed by atoms with Gasteiger partial charge in [-0.2, -0.15) is 5.26 Å². The van der Waals surface area contributed by atoms with Crippen LogP contribution >= 0.6 is 0 Å². The van der Waals surface area contributed by atoms with E-state index in [4.69, 9.17) is 9.47 Å². The van der Waals surface area contributed by atoms with E-state index in [1.165, 1.54) is 5.56 Å². The molecule has 0 heterocycles. The Hall–Kier alpha value is -1.57. The van der Waals surface area contributed by atoms with Crippen molar-refractivity contribution in [2.75, 3.05) is 27.4 Å². The van der Waals surface area contributed by atoms with Crippen LogP contribution < -0.4 is 10.1 Å². The van der Waals surface area contributed by atoms with E-state index in [1.54, 1.807) is 14.2 Å². The summed E-state index contributed by atoms with van der Waals surface area (Å²) in [5.41, 5.74) is 1.68. The fraction of sp³-hybridized carbons (Fsp3) is 0.533. The van der Waals surface area contributed by atoms with Crippen molar-refractivity contribution >= 4 is 0 Å². The van der Waals surface area contributed by atoms with Crippen LogP contribution in [0.3, 0.4) is 0 Å². The van der Waals surface area contributed by atoms with Gasteiger partial charge in [-0.1, -0.05) is 6.07 Å². The second-order valence-electron chi connectivity index (χ2n) is 4.81. The van der Waals surface area contributed by atoms with Crippen molar-refractivity contribution in [1.29, 1.82) is 5.26 Å². The summed E-state index contributed by atoms with van der Waals surface area (Å²) >= 11 is 0. The second-order valence-corrected chi connectivity index (χ2v) is 4.81. The highest BCUT2D eigenvalue weighted by Crippen LogP contribution is 2.36. The summed E-state index contributed by atoms with van der Waals surface area (Å²) < 4.78 is 10.3. The first-order chi connectivity index (χ1) is 9.25. The van der Waals surface area contributed by atoms with Crippen molar-refractivity contribution in [3.63, 3.8) is 0 Å². The zero-order valence-corrected chi connectivity index (χ0v) is 11.5. The molecule has 4 nitrogen and oxygen atoms in total. The van der Waals surface area contributed by atoms with E-state index in [1.807, 2.05) is 12.1 Å². The fourth-order valence-electron chi connectivity index (χ4n) is 2.68. The van der Waals surface area contributed by atoms with Gasteiger partial charge in [0.2, 0.25) is 0 Å². The number of hydrogen-bond donors (Lipinski definition) is 1. The largest absolute Gasteiger partial charge is 0.497 e. The summed E-state index contributed by atoms with van der Waals surface area (Å²) in [4.78, 5) is 0. The lowest BCUT2D eigenvalue weighted by atomic mass is 9.77. The number of hydrogen-bond acceptors (Lipinski definition) is 4. The normalized spacial score (nSPS) is 21.5. The maximum Gasteiger partial charge on any atom is 0.132 e. The molecule has 0 aromatic heterocycles. The van der Waals surface area contributed by atoms with Crippen LogP contribution in [-0.4, -0.2) is 27.4 Å². The number of nitrogens with one attached hydrogen (secondary N) is 1. The van der Waals surface area contributed by atoms with E-state index >= 15 is 0 Å². The van der Waals surface area contributed by atoms with Gasteiger partial charge in [0.05, 0.1) is 19.8 Å². The maximum atomic E-state index is 9.66. The number of ether oxygens (including phenoxy) is 2. The number of benzene rings is 1. The molecule has 0 bridgehead atoms. The molecule has 1 atom stereocenters. The Kier molecular flexibility index (Phi) is 4.41.